The molecule has 4 aliphatic rings. The predicted octanol–water partition coefficient (Wildman–Crippen LogP) is 4.13. The molecule has 4 nitrogen and oxygen atoms in total. The maximum atomic E-state index is 12.8. The third-order valence-electron chi connectivity index (χ3n) is 6.39. The number of hydrazine groups is 1. The van der Waals surface area contributed by atoms with Gasteiger partial charge in [0.2, 0.25) is 5.91 Å². The number of aryl methyl sites for hydroxylation is 1. The van der Waals surface area contributed by atoms with E-state index in [2.05, 4.69) is 26.8 Å². The van der Waals surface area contributed by atoms with E-state index in [1.807, 2.05) is 25.1 Å². The van der Waals surface area contributed by atoms with Crippen LogP contribution < -0.4 is 10.9 Å². The van der Waals surface area contributed by atoms with E-state index in [1.165, 1.54) is 25.3 Å². The van der Waals surface area contributed by atoms with Crippen molar-refractivity contribution < 1.29 is 9.59 Å². The first kappa shape index (κ1) is 17.8. The Morgan fingerprint density at radius 2 is 1.69 bits per heavy atom. The van der Waals surface area contributed by atoms with Crippen LogP contribution in [0.3, 0.4) is 0 Å². The Hall–Kier alpha value is -1.62. The summed E-state index contributed by atoms with van der Waals surface area (Å²) in [5.41, 5.74) is 7.10. The molecule has 138 valence electrons. The van der Waals surface area contributed by atoms with Crippen LogP contribution in [0.4, 0.5) is 0 Å². The van der Waals surface area contributed by atoms with E-state index in [0.29, 0.717) is 17.8 Å². The van der Waals surface area contributed by atoms with Crippen molar-refractivity contribution in [3.8, 4) is 0 Å². The van der Waals surface area contributed by atoms with Gasteiger partial charge in [0, 0.05) is 10.5 Å². The zero-order chi connectivity index (χ0) is 18.3. The second kappa shape index (κ2) is 6.84. The van der Waals surface area contributed by atoms with Crippen molar-refractivity contribution in [2.75, 3.05) is 0 Å². The fourth-order valence-corrected chi connectivity index (χ4v) is 6.24. The molecule has 0 unspecified atom stereocenters. The fraction of sp³-hybridized carbons (Fsp3) is 0.524. The van der Waals surface area contributed by atoms with Crippen LogP contribution in [0.25, 0.3) is 6.08 Å². The van der Waals surface area contributed by atoms with Crippen molar-refractivity contribution in [1.29, 1.82) is 0 Å². The average molecular weight is 417 g/mol. The zero-order valence-electron chi connectivity index (χ0n) is 15.1. The fourth-order valence-electron chi connectivity index (χ4n) is 5.61. The van der Waals surface area contributed by atoms with E-state index in [-0.39, 0.29) is 17.2 Å². The predicted molar refractivity (Wildman–Crippen MR) is 105 cm³/mol. The van der Waals surface area contributed by atoms with Gasteiger partial charge in [-0.1, -0.05) is 28.1 Å². The van der Waals surface area contributed by atoms with Crippen LogP contribution in [-0.2, 0) is 9.59 Å². The summed E-state index contributed by atoms with van der Waals surface area (Å²) in [4.78, 5) is 24.9. The molecule has 0 aliphatic heterocycles. The van der Waals surface area contributed by atoms with Gasteiger partial charge in [-0.05, 0) is 86.5 Å². The van der Waals surface area contributed by atoms with Crippen LogP contribution in [0, 0.1) is 30.1 Å². The van der Waals surface area contributed by atoms with Crippen molar-refractivity contribution in [3.05, 3.63) is 39.9 Å². The Bertz CT molecular complexity index is 736. The summed E-state index contributed by atoms with van der Waals surface area (Å²) < 4.78 is 0.944. The van der Waals surface area contributed by atoms with Crippen molar-refractivity contribution in [3.63, 3.8) is 0 Å². The lowest BCUT2D eigenvalue weighted by atomic mass is 9.49. The van der Waals surface area contributed by atoms with E-state index < -0.39 is 0 Å². The van der Waals surface area contributed by atoms with Gasteiger partial charge in [-0.2, -0.15) is 0 Å². The van der Waals surface area contributed by atoms with Gasteiger partial charge in [0.15, 0.2) is 0 Å². The standard InChI is InChI=1S/C21H25BrN2O2/c1-13-2-3-17(18(22)6-13)4-5-19(25)23-24-20(26)21-10-14-7-15(11-21)9-16(8-14)12-21/h2-6,14-16H,7-12H2,1H3,(H,23,25)(H,24,26)/b5-4+. The zero-order valence-corrected chi connectivity index (χ0v) is 16.6. The van der Waals surface area contributed by atoms with Crippen LogP contribution in [-0.4, -0.2) is 11.8 Å². The van der Waals surface area contributed by atoms with Crippen molar-refractivity contribution >= 4 is 33.8 Å². The quantitative estimate of drug-likeness (QED) is 0.574. The lowest BCUT2D eigenvalue weighted by Crippen LogP contribution is -2.56. The summed E-state index contributed by atoms with van der Waals surface area (Å²) in [7, 11) is 0. The molecule has 2 N–H and O–H groups in total. The van der Waals surface area contributed by atoms with Crippen molar-refractivity contribution in [2.24, 2.45) is 23.2 Å². The van der Waals surface area contributed by atoms with E-state index in [9.17, 15) is 9.59 Å². The highest BCUT2D eigenvalue weighted by molar-refractivity contribution is 9.10. The molecule has 0 atom stereocenters. The van der Waals surface area contributed by atoms with Crippen molar-refractivity contribution in [1.82, 2.24) is 10.9 Å². The Labute approximate surface area is 162 Å². The molecule has 0 aromatic heterocycles. The molecule has 4 bridgehead atoms. The Morgan fingerprint density at radius 1 is 1.08 bits per heavy atom. The van der Waals surface area contributed by atoms with Gasteiger partial charge in [-0.25, -0.2) is 0 Å². The minimum Gasteiger partial charge on any atom is -0.273 e. The van der Waals surface area contributed by atoms with E-state index >= 15 is 0 Å². The second-order valence-electron chi connectivity index (χ2n) is 8.50. The minimum atomic E-state index is -0.310. The first-order valence-corrected chi connectivity index (χ1v) is 10.3. The van der Waals surface area contributed by atoms with E-state index in [4.69, 9.17) is 0 Å². The summed E-state index contributed by atoms with van der Waals surface area (Å²) in [5.74, 6) is 1.83. The molecule has 26 heavy (non-hydrogen) atoms. The molecular weight excluding hydrogens is 392 g/mol. The largest absolute Gasteiger partial charge is 0.273 e. The monoisotopic (exact) mass is 416 g/mol. The molecule has 0 saturated heterocycles. The normalized spacial score (nSPS) is 32.0. The Balaban J connectivity index is 1.34. The molecule has 5 heteroatoms. The summed E-state index contributed by atoms with van der Waals surface area (Å²) in [6.07, 6.45) is 10.1. The van der Waals surface area contributed by atoms with Gasteiger partial charge in [0.25, 0.3) is 5.91 Å². The van der Waals surface area contributed by atoms with Gasteiger partial charge < -0.3 is 0 Å². The van der Waals surface area contributed by atoms with Crippen LogP contribution in [0.15, 0.2) is 28.7 Å². The summed E-state index contributed by atoms with van der Waals surface area (Å²) in [6, 6.07) is 5.96. The van der Waals surface area contributed by atoms with Gasteiger partial charge in [0.1, 0.15) is 0 Å². The van der Waals surface area contributed by atoms with Gasteiger partial charge in [-0.3, -0.25) is 20.4 Å². The molecule has 4 fully saturated rings. The van der Waals surface area contributed by atoms with E-state index in [0.717, 1.165) is 34.9 Å². The molecule has 2 amide bonds. The molecule has 0 heterocycles. The molecule has 4 saturated carbocycles. The topological polar surface area (TPSA) is 58.2 Å². The lowest BCUT2D eigenvalue weighted by Gasteiger charge is -2.55. The van der Waals surface area contributed by atoms with Crippen LogP contribution >= 0.6 is 15.9 Å². The first-order chi connectivity index (χ1) is 12.4. The smallest absolute Gasteiger partial charge is 0.262 e. The number of amides is 2. The maximum absolute atomic E-state index is 12.8. The van der Waals surface area contributed by atoms with Gasteiger partial charge in [-0.15, -0.1) is 0 Å². The van der Waals surface area contributed by atoms with E-state index in [1.54, 1.807) is 6.08 Å². The first-order valence-electron chi connectivity index (χ1n) is 9.48. The highest BCUT2D eigenvalue weighted by atomic mass is 79.9. The van der Waals surface area contributed by atoms with Crippen LogP contribution in [0.5, 0.6) is 0 Å². The average Bonchev–Trinajstić information content (AvgIpc) is 2.57. The highest BCUT2D eigenvalue weighted by Crippen LogP contribution is 2.60. The minimum absolute atomic E-state index is 0.00914. The number of carbonyl (C=O) groups excluding carboxylic acids is 2. The highest BCUT2D eigenvalue weighted by Gasteiger charge is 2.54. The summed E-state index contributed by atoms with van der Waals surface area (Å²) in [6.45, 7) is 2.02. The molecular formula is C21H25BrN2O2. The molecule has 1 aromatic rings. The van der Waals surface area contributed by atoms with Crippen molar-refractivity contribution in [2.45, 2.75) is 45.4 Å². The molecule has 0 spiro atoms. The summed E-state index contributed by atoms with van der Waals surface area (Å²) in [5, 5.41) is 0. The number of benzene rings is 1. The number of halogens is 1. The number of hydrogen-bond donors (Lipinski definition) is 2. The van der Waals surface area contributed by atoms with Gasteiger partial charge in [0.05, 0.1) is 5.41 Å². The molecule has 4 aliphatic carbocycles. The second-order valence-corrected chi connectivity index (χ2v) is 9.35. The lowest BCUT2D eigenvalue weighted by molar-refractivity contribution is -0.148. The number of carbonyl (C=O) groups is 2. The molecule has 0 radical (unpaired) electrons. The maximum Gasteiger partial charge on any atom is 0.262 e. The third kappa shape index (κ3) is 3.46. The molecule has 5 rings (SSSR count). The van der Waals surface area contributed by atoms with Crippen LogP contribution in [0.1, 0.15) is 49.7 Å². The Morgan fingerprint density at radius 3 is 2.27 bits per heavy atom. The summed E-state index contributed by atoms with van der Waals surface area (Å²) >= 11 is 3.50. The number of rotatable bonds is 3. The van der Waals surface area contributed by atoms with Crippen LogP contribution in [0.2, 0.25) is 0 Å². The number of hydrogen-bond acceptors (Lipinski definition) is 2. The Kier molecular flexibility index (Phi) is 4.68. The SMILES string of the molecule is Cc1ccc(/C=C/C(=O)NNC(=O)C23CC4CC(CC(C4)C2)C3)c(Br)c1. The van der Waals surface area contributed by atoms with Gasteiger partial charge >= 0.3 is 0 Å². The number of nitrogens with one attached hydrogen (secondary N) is 2. The third-order valence-corrected chi connectivity index (χ3v) is 7.08. The molecule has 1 aromatic carbocycles.